The number of hydrogen-bond donors (Lipinski definition) is 2. The zero-order valence-electron chi connectivity index (χ0n) is 10.8. The van der Waals surface area contributed by atoms with Gasteiger partial charge in [0.05, 0.1) is 11.5 Å². The van der Waals surface area contributed by atoms with Crippen molar-refractivity contribution in [2.45, 2.75) is 33.7 Å². The van der Waals surface area contributed by atoms with E-state index in [1.54, 1.807) is 13.8 Å². The van der Waals surface area contributed by atoms with E-state index in [2.05, 4.69) is 11.9 Å². The Kier molecular flexibility index (Phi) is 5.71. The lowest BCUT2D eigenvalue weighted by molar-refractivity contribution is -0.149. The number of carboxylic acid groups (broad SMARTS) is 1. The third kappa shape index (κ3) is 4.46. The highest BCUT2D eigenvalue weighted by Gasteiger charge is 2.39. The third-order valence-electron chi connectivity index (χ3n) is 2.60. The van der Waals surface area contributed by atoms with Crippen molar-refractivity contribution >= 4 is 12.1 Å². The number of ether oxygens (including phenoxy) is 1. The number of hydrogen-bond acceptors (Lipinski definition) is 3. The zero-order valence-corrected chi connectivity index (χ0v) is 10.8. The predicted molar refractivity (Wildman–Crippen MR) is 64.7 cm³/mol. The largest absolute Gasteiger partial charge is 0.481 e. The SMILES string of the molecule is C=CCOC(=O)N[C@@H](C(C)C)C(C)(C)C(=O)O. The first-order chi connectivity index (χ1) is 7.73. The van der Waals surface area contributed by atoms with Crippen molar-refractivity contribution in [2.24, 2.45) is 11.3 Å². The molecule has 0 unspecified atom stereocenters. The predicted octanol–water partition coefficient (Wildman–Crippen LogP) is 2.03. The van der Waals surface area contributed by atoms with Gasteiger partial charge in [-0.25, -0.2) is 4.79 Å². The van der Waals surface area contributed by atoms with E-state index < -0.39 is 23.5 Å². The molecule has 5 heteroatoms. The summed E-state index contributed by atoms with van der Waals surface area (Å²) in [6, 6.07) is -0.502. The van der Waals surface area contributed by atoms with Crippen LogP contribution in [-0.2, 0) is 9.53 Å². The van der Waals surface area contributed by atoms with Gasteiger partial charge in [0.2, 0.25) is 0 Å². The fraction of sp³-hybridized carbons (Fsp3) is 0.667. The monoisotopic (exact) mass is 243 g/mol. The minimum atomic E-state index is -1.05. The van der Waals surface area contributed by atoms with E-state index in [0.29, 0.717) is 0 Å². The summed E-state index contributed by atoms with van der Waals surface area (Å²) in [7, 11) is 0. The summed E-state index contributed by atoms with van der Waals surface area (Å²) in [6.45, 7) is 10.4. The maximum atomic E-state index is 11.4. The Bertz CT molecular complexity index is 297. The van der Waals surface area contributed by atoms with Gasteiger partial charge >= 0.3 is 12.1 Å². The quantitative estimate of drug-likeness (QED) is 0.700. The maximum Gasteiger partial charge on any atom is 0.407 e. The van der Waals surface area contributed by atoms with Gasteiger partial charge in [0.1, 0.15) is 6.61 Å². The van der Waals surface area contributed by atoms with Gasteiger partial charge in [-0.05, 0) is 19.8 Å². The number of alkyl carbamates (subject to hydrolysis) is 1. The molecule has 1 atom stereocenters. The van der Waals surface area contributed by atoms with Crippen LogP contribution in [0.1, 0.15) is 27.7 Å². The summed E-state index contributed by atoms with van der Waals surface area (Å²) < 4.78 is 4.79. The van der Waals surface area contributed by atoms with Gasteiger partial charge in [0.15, 0.2) is 0 Å². The van der Waals surface area contributed by atoms with E-state index >= 15 is 0 Å². The lowest BCUT2D eigenvalue weighted by Crippen LogP contribution is -2.52. The zero-order chi connectivity index (χ0) is 13.6. The second-order valence-electron chi connectivity index (χ2n) is 4.78. The van der Waals surface area contributed by atoms with Crippen LogP contribution in [0.3, 0.4) is 0 Å². The van der Waals surface area contributed by atoms with E-state index in [1.165, 1.54) is 6.08 Å². The highest BCUT2D eigenvalue weighted by Crippen LogP contribution is 2.26. The summed E-state index contributed by atoms with van der Waals surface area (Å²) in [5, 5.41) is 11.7. The smallest absolute Gasteiger partial charge is 0.407 e. The summed E-state index contributed by atoms with van der Waals surface area (Å²) in [5.41, 5.74) is -1.05. The first-order valence-corrected chi connectivity index (χ1v) is 5.51. The Morgan fingerprint density at radius 2 is 2.00 bits per heavy atom. The van der Waals surface area contributed by atoms with Crippen LogP contribution < -0.4 is 5.32 Å². The molecular weight excluding hydrogens is 222 g/mol. The van der Waals surface area contributed by atoms with Crippen LogP contribution in [0.25, 0.3) is 0 Å². The highest BCUT2D eigenvalue weighted by atomic mass is 16.5. The molecule has 17 heavy (non-hydrogen) atoms. The standard InChI is InChI=1S/C12H21NO4/c1-6-7-17-11(16)13-9(8(2)3)12(4,5)10(14)15/h6,8-9H,1,7H2,2-5H3,(H,13,16)(H,14,15)/t9-/m0/s1. The average molecular weight is 243 g/mol. The summed E-state index contributed by atoms with van der Waals surface area (Å²) in [4.78, 5) is 22.6. The van der Waals surface area contributed by atoms with Crippen LogP contribution in [0.15, 0.2) is 12.7 Å². The number of aliphatic carboxylic acids is 1. The van der Waals surface area contributed by atoms with Crippen LogP contribution in [0.2, 0.25) is 0 Å². The molecule has 0 saturated heterocycles. The van der Waals surface area contributed by atoms with Crippen LogP contribution in [0.4, 0.5) is 4.79 Å². The topological polar surface area (TPSA) is 75.6 Å². The Morgan fingerprint density at radius 3 is 2.35 bits per heavy atom. The molecular formula is C12H21NO4. The Hall–Kier alpha value is -1.52. The van der Waals surface area contributed by atoms with Crippen LogP contribution in [0, 0.1) is 11.3 Å². The minimum Gasteiger partial charge on any atom is -0.481 e. The number of rotatable bonds is 6. The molecule has 0 fully saturated rings. The van der Waals surface area contributed by atoms with E-state index in [4.69, 9.17) is 9.84 Å². The Labute approximate surface area is 102 Å². The molecule has 0 heterocycles. The van der Waals surface area contributed by atoms with Gasteiger partial charge in [-0.3, -0.25) is 4.79 Å². The average Bonchev–Trinajstić information content (AvgIpc) is 2.21. The molecule has 0 aliphatic carbocycles. The molecule has 0 aromatic heterocycles. The molecule has 0 spiro atoms. The van der Waals surface area contributed by atoms with Gasteiger partial charge in [0.25, 0.3) is 0 Å². The van der Waals surface area contributed by atoms with Crippen molar-refractivity contribution in [1.82, 2.24) is 5.32 Å². The molecule has 0 aromatic rings. The van der Waals surface area contributed by atoms with Crippen LogP contribution >= 0.6 is 0 Å². The van der Waals surface area contributed by atoms with Crippen molar-refractivity contribution in [1.29, 1.82) is 0 Å². The molecule has 0 saturated carbocycles. The molecule has 0 radical (unpaired) electrons. The number of carbonyl (C=O) groups excluding carboxylic acids is 1. The molecule has 5 nitrogen and oxygen atoms in total. The van der Waals surface area contributed by atoms with Crippen LogP contribution in [-0.4, -0.2) is 29.8 Å². The Morgan fingerprint density at radius 1 is 1.47 bits per heavy atom. The molecule has 0 aromatic carbocycles. The first-order valence-electron chi connectivity index (χ1n) is 5.51. The molecule has 0 bridgehead atoms. The first kappa shape index (κ1) is 15.5. The second-order valence-corrected chi connectivity index (χ2v) is 4.78. The summed E-state index contributed by atoms with van der Waals surface area (Å²) >= 11 is 0. The van der Waals surface area contributed by atoms with Crippen molar-refractivity contribution < 1.29 is 19.4 Å². The lowest BCUT2D eigenvalue weighted by atomic mass is 9.78. The molecule has 98 valence electrons. The van der Waals surface area contributed by atoms with Crippen molar-refractivity contribution in [3.05, 3.63) is 12.7 Å². The molecule has 0 aliphatic rings. The van der Waals surface area contributed by atoms with E-state index in [0.717, 1.165) is 0 Å². The molecule has 2 N–H and O–H groups in total. The van der Waals surface area contributed by atoms with E-state index in [9.17, 15) is 9.59 Å². The van der Waals surface area contributed by atoms with Gasteiger partial charge in [-0.15, -0.1) is 0 Å². The lowest BCUT2D eigenvalue weighted by Gasteiger charge is -2.33. The van der Waals surface area contributed by atoms with Gasteiger partial charge in [-0.1, -0.05) is 26.5 Å². The van der Waals surface area contributed by atoms with Gasteiger partial charge in [-0.2, -0.15) is 0 Å². The summed E-state index contributed by atoms with van der Waals surface area (Å²) in [5.74, 6) is -0.974. The number of amides is 1. The molecule has 0 rings (SSSR count). The summed E-state index contributed by atoms with van der Waals surface area (Å²) in [6.07, 6.45) is 0.824. The second kappa shape index (κ2) is 6.27. The van der Waals surface area contributed by atoms with Crippen molar-refractivity contribution in [2.75, 3.05) is 6.61 Å². The molecule has 0 aliphatic heterocycles. The normalized spacial score (nSPS) is 13.0. The number of carbonyl (C=O) groups is 2. The fourth-order valence-electron chi connectivity index (χ4n) is 1.62. The third-order valence-corrected chi connectivity index (χ3v) is 2.60. The molecule has 1 amide bonds. The van der Waals surface area contributed by atoms with E-state index in [1.807, 2.05) is 13.8 Å². The van der Waals surface area contributed by atoms with Crippen molar-refractivity contribution in [3.8, 4) is 0 Å². The number of nitrogens with one attached hydrogen (secondary N) is 1. The number of carboxylic acids is 1. The maximum absolute atomic E-state index is 11.4. The Balaban J connectivity index is 4.71. The van der Waals surface area contributed by atoms with Crippen LogP contribution in [0.5, 0.6) is 0 Å². The minimum absolute atomic E-state index is 0.0163. The van der Waals surface area contributed by atoms with E-state index in [-0.39, 0.29) is 12.5 Å². The highest BCUT2D eigenvalue weighted by molar-refractivity contribution is 5.76. The fourth-order valence-corrected chi connectivity index (χ4v) is 1.62. The van der Waals surface area contributed by atoms with Gasteiger partial charge < -0.3 is 15.2 Å². The van der Waals surface area contributed by atoms with Gasteiger partial charge in [0, 0.05) is 0 Å². The van der Waals surface area contributed by atoms with Crippen molar-refractivity contribution in [3.63, 3.8) is 0 Å².